The van der Waals surface area contributed by atoms with Crippen LogP contribution in [0.5, 0.6) is 0 Å². The molecule has 2 heterocycles. The summed E-state index contributed by atoms with van der Waals surface area (Å²) in [6.07, 6.45) is 4.35. The summed E-state index contributed by atoms with van der Waals surface area (Å²) < 4.78 is 0. The highest BCUT2D eigenvalue weighted by molar-refractivity contribution is 5.85. The van der Waals surface area contributed by atoms with Crippen molar-refractivity contribution in [2.45, 2.75) is 27.2 Å². The Morgan fingerprint density at radius 1 is 1.00 bits per heavy atom. The SMILES string of the molecule is Cc1ccc(Nc2nc(NCCC(C)C)nc3nccnc23)cc1. The number of aromatic nitrogens is 4. The standard InChI is InChI=1S/C18H22N6/c1-12(2)8-9-21-18-23-16-15(19-10-11-20-16)17(24-18)22-14-6-4-13(3)5-7-14/h4-7,10-12H,8-9H2,1-3H3,(H2,20,21,22,23,24). The first-order valence-corrected chi connectivity index (χ1v) is 8.18. The van der Waals surface area contributed by atoms with Gasteiger partial charge in [0.25, 0.3) is 0 Å². The molecule has 0 atom stereocenters. The maximum Gasteiger partial charge on any atom is 0.226 e. The zero-order chi connectivity index (χ0) is 16.9. The van der Waals surface area contributed by atoms with Crippen LogP contribution in [0.4, 0.5) is 17.5 Å². The summed E-state index contributed by atoms with van der Waals surface area (Å²) in [5.41, 5.74) is 3.41. The lowest BCUT2D eigenvalue weighted by molar-refractivity contribution is 0.606. The third-order valence-corrected chi connectivity index (χ3v) is 3.65. The molecule has 3 rings (SSSR count). The molecule has 124 valence electrons. The Hall–Kier alpha value is -2.76. The van der Waals surface area contributed by atoms with Gasteiger partial charge in [0, 0.05) is 24.6 Å². The summed E-state index contributed by atoms with van der Waals surface area (Å²) in [6.45, 7) is 7.27. The first-order valence-electron chi connectivity index (χ1n) is 8.18. The van der Waals surface area contributed by atoms with Gasteiger partial charge in [0.15, 0.2) is 17.0 Å². The number of hydrogen-bond donors (Lipinski definition) is 2. The van der Waals surface area contributed by atoms with Gasteiger partial charge in [0.2, 0.25) is 5.95 Å². The highest BCUT2D eigenvalue weighted by atomic mass is 15.2. The number of hydrogen-bond acceptors (Lipinski definition) is 6. The van der Waals surface area contributed by atoms with E-state index in [0.29, 0.717) is 28.8 Å². The van der Waals surface area contributed by atoms with Gasteiger partial charge >= 0.3 is 0 Å². The van der Waals surface area contributed by atoms with E-state index in [9.17, 15) is 0 Å². The molecule has 2 aromatic heterocycles. The molecule has 0 saturated carbocycles. The van der Waals surface area contributed by atoms with Gasteiger partial charge < -0.3 is 10.6 Å². The normalized spacial score (nSPS) is 11.0. The molecule has 6 heteroatoms. The van der Waals surface area contributed by atoms with Gasteiger partial charge in [-0.2, -0.15) is 9.97 Å². The number of rotatable bonds is 6. The van der Waals surface area contributed by atoms with Gasteiger partial charge in [-0.05, 0) is 31.4 Å². The largest absolute Gasteiger partial charge is 0.354 e. The third kappa shape index (κ3) is 3.95. The van der Waals surface area contributed by atoms with E-state index in [2.05, 4.69) is 63.5 Å². The van der Waals surface area contributed by atoms with Crippen LogP contribution in [0.25, 0.3) is 11.2 Å². The number of aryl methyl sites for hydroxylation is 1. The van der Waals surface area contributed by atoms with E-state index in [1.807, 2.05) is 12.1 Å². The maximum atomic E-state index is 4.58. The number of nitrogens with one attached hydrogen (secondary N) is 2. The highest BCUT2D eigenvalue weighted by Crippen LogP contribution is 2.22. The van der Waals surface area contributed by atoms with E-state index in [1.54, 1.807) is 12.4 Å². The molecule has 0 aliphatic rings. The Kier molecular flexibility index (Phi) is 4.84. The molecule has 0 fully saturated rings. The summed E-state index contributed by atoms with van der Waals surface area (Å²) in [4.78, 5) is 17.7. The van der Waals surface area contributed by atoms with Crippen LogP contribution in [-0.2, 0) is 0 Å². The van der Waals surface area contributed by atoms with E-state index in [-0.39, 0.29) is 0 Å². The minimum absolute atomic E-state index is 0.568. The maximum absolute atomic E-state index is 4.58. The van der Waals surface area contributed by atoms with Gasteiger partial charge in [0.05, 0.1) is 0 Å². The smallest absolute Gasteiger partial charge is 0.226 e. The van der Waals surface area contributed by atoms with Crippen LogP contribution < -0.4 is 10.6 Å². The van der Waals surface area contributed by atoms with Gasteiger partial charge in [-0.3, -0.25) is 0 Å². The molecule has 0 saturated heterocycles. The lowest BCUT2D eigenvalue weighted by Crippen LogP contribution is -2.10. The van der Waals surface area contributed by atoms with Crippen molar-refractivity contribution in [2.75, 3.05) is 17.2 Å². The summed E-state index contributed by atoms with van der Waals surface area (Å²) in [5, 5.41) is 6.59. The summed E-state index contributed by atoms with van der Waals surface area (Å²) in [6, 6.07) is 8.15. The topological polar surface area (TPSA) is 75.6 Å². The zero-order valence-electron chi connectivity index (χ0n) is 14.2. The average molecular weight is 322 g/mol. The molecule has 0 spiro atoms. The average Bonchev–Trinajstić information content (AvgIpc) is 2.57. The van der Waals surface area contributed by atoms with Gasteiger partial charge in [-0.25, -0.2) is 9.97 Å². The fourth-order valence-electron chi connectivity index (χ4n) is 2.28. The summed E-state index contributed by atoms with van der Waals surface area (Å²) in [7, 11) is 0. The van der Waals surface area contributed by atoms with Gasteiger partial charge in [-0.15, -0.1) is 0 Å². The summed E-state index contributed by atoms with van der Waals surface area (Å²) in [5.74, 6) is 1.85. The minimum atomic E-state index is 0.568. The van der Waals surface area contributed by atoms with Crippen molar-refractivity contribution in [2.24, 2.45) is 5.92 Å². The van der Waals surface area contributed by atoms with Crippen LogP contribution in [0, 0.1) is 12.8 Å². The Balaban J connectivity index is 1.90. The van der Waals surface area contributed by atoms with Crippen molar-refractivity contribution in [1.29, 1.82) is 0 Å². The van der Waals surface area contributed by atoms with Gasteiger partial charge in [0.1, 0.15) is 0 Å². The molecule has 0 unspecified atom stereocenters. The fraction of sp³-hybridized carbons (Fsp3) is 0.333. The second-order valence-electron chi connectivity index (χ2n) is 6.22. The molecule has 0 aliphatic carbocycles. The monoisotopic (exact) mass is 322 g/mol. The molecule has 24 heavy (non-hydrogen) atoms. The molecule has 0 amide bonds. The lowest BCUT2D eigenvalue weighted by Gasteiger charge is -2.11. The Bertz CT molecular complexity index is 813. The Morgan fingerprint density at radius 3 is 2.50 bits per heavy atom. The molecule has 0 bridgehead atoms. The molecule has 6 nitrogen and oxygen atoms in total. The second kappa shape index (κ2) is 7.21. The van der Waals surface area contributed by atoms with Gasteiger partial charge in [-0.1, -0.05) is 31.5 Å². The zero-order valence-corrected chi connectivity index (χ0v) is 14.2. The Morgan fingerprint density at radius 2 is 1.75 bits per heavy atom. The predicted molar refractivity (Wildman–Crippen MR) is 97.5 cm³/mol. The predicted octanol–water partition coefficient (Wildman–Crippen LogP) is 3.93. The van der Waals surface area contributed by atoms with Crippen molar-refractivity contribution in [3.63, 3.8) is 0 Å². The van der Waals surface area contributed by atoms with Crippen molar-refractivity contribution in [3.8, 4) is 0 Å². The van der Waals surface area contributed by atoms with E-state index in [1.165, 1.54) is 5.56 Å². The van der Waals surface area contributed by atoms with E-state index >= 15 is 0 Å². The molecule has 3 aromatic rings. The number of benzene rings is 1. The lowest BCUT2D eigenvalue weighted by atomic mass is 10.1. The second-order valence-corrected chi connectivity index (χ2v) is 6.22. The first-order chi connectivity index (χ1) is 11.6. The van der Waals surface area contributed by atoms with E-state index in [4.69, 9.17) is 0 Å². The van der Waals surface area contributed by atoms with Crippen LogP contribution in [0.15, 0.2) is 36.7 Å². The fourth-order valence-corrected chi connectivity index (χ4v) is 2.28. The molecule has 1 aromatic carbocycles. The summed E-state index contributed by atoms with van der Waals surface area (Å²) >= 11 is 0. The van der Waals surface area contributed by atoms with Crippen LogP contribution in [0.1, 0.15) is 25.8 Å². The number of nitrogens with zero attached hydrogens (tertiary/aromatic N) is 4. The van der Waals surface area contributed by atoms with Crippen LogP contribution in [0.2, 0.25) is 0 Å². The molecule has 2 N–H and O–H groups in total. The van der Waals surface area contributed by atoms with Crippen LogP contribution in [-0.4, -0.2) is 26.5 Å². The first kappa shape index (κ1) is 16.1. The molecular formula is C18H22N6. The van der Waals surface area contributed by atoms with Crippen LogP contribution >= 0.6 is 0 Å². The van der Waals surface area contributed by atoms with Crippen LogP contribution in [0.3, 0.4) is 0 Å². The molecule has 0 radical (unpaired) electrons. The Labute approximate surface area is 141 Å². The van der Waals surface area contributed by atoms with Crippen molar-refractivity contribution < 1.29 is 0 Å². The minimum Gasteiger partial charge on any atom is -0.354 e. The number of anilines is 3. The molecular weight excluding hydrogens is 300 g/mol. The molecule has 0 aliphatic heterocycles. The van der Waals surface area contributed by atoms with Crippen molar-refractivity contribution >= 4 is 28.6 Å². The third-order valence-electron chi connectivity index (χ3n) is 3.65. The van der Waals surface area contributed by atoms with Crippen molar-refractivity contribution in [1.82, 2.24) is 19.9 Å². The van der Waals surface area contributed by atoms with E-state index < -0.39 is 0 Å². The van der Waals surface area contributed by atoms with E-state index in [0.717, 1.165) is 18.7 Å². The highest BCUT2D eigenvalue weighted by Gasteiger charge is 2.10. The quantitative estimate of drug-likeness (QED) is 0.716. The van der Waals surface area contributed by atoms with Crippen molar-refractivity contribution in [3.05, 3.63) is 42.2 Å². The number of fused-ring (bicyclic) bond motifs is 1.